The van der Waals surface area contributed by atoms with Crippen LogP contribution in [0.3, 0.4) is 0 Å². The molecule has 0 radical (unpaired) electrons. The molecule has 0 saturated heterocycles. The number of nitrogen functional groups attached to an aromatic ring is 1. The number of benzene rings is 1. The standard InChI is InChI=1S/C13H8ClF3N2O4/c14-9-5(18)3-6(19-10(9)12(20)21)8-4(15)1-2-7-11(8)23-13(16,17)22-7/h1-3,12,20-21H,(H2,18,19). The van der Waals surface area contributed by atoms with Gasteiger partial charge in [0, 0.05) is 0 Å². The van der Waals surface area contributed by atoms with Gasteiger partial charge in [-0.2, -0.15) is 0 Å². The Kier molecular flexibility index (Phi) is 3.51. The highest BCUT2D eigenvalue weighted by Gasteiger charge is 2.45. The molecule has 23 heavy (non-hydrogen) atoms. The summed E-state index contributed by atoms with van der Waals surface area (Å²) in [5.41, 5.74) is 4.26. The molecule has 2 aromatic rings. The molecule has 1 aliphatic rings. The number of nitrogens with zero attached hydrogens (tertiary/aromatic N) is 1. The number of alkyl halides is 2. The monoisotopic (exact) mass is 348 g/mol. The zero-order chi connectivity index (χ0) is 16.9. The summed E-state index contributed by atoms with van der Waals surface area (Å²) >= 11 is 5.77. The number of hydrogen-bond donors (Lipinski definition) is 3. The van der Waals surface area contributed by atoms with Crippen LogP contribution in [0.5, 0.6) is 11.5 Å². The van der Waals surface area contributed by atoms with E-state index in [9.17, 15) is 23.4 Å². The zero-order valence-electron chi connectivity index (χ0n) is 11.1. The van der Waals surface area contributed by atoms with Crippen LogP contribution >= 0.6 is 11.6 Å². The number of rotatable bonds is 2. The molecule has 0 unspecified atom stereocenters. The summed E-state index contributed by atoms with van der Waals surface area (Å²) in [5, 5.41) is 18.2. The van der Waals surface area contributed by atoms with Gasteiger partial charge in [0.2, 0.25) is 0 Å². The smallest absolute Gasteiger partial charge is 0.397 e. The molecule has 3 rings (SSSR count). The summed E-state index contributed by atoms with van der Waals surface area (Å²) in [6.07, 6.45) is -6.05. The third-order valence-electron chi connectivity index (χ3n) is 3.03. The van der Waals surface area contributed by atoms with Gasteiger partial charge < -0.3 is 25.4 Å². The van der Waals surface area contributed by atoms with Gasteiger partial charge in [0.25, 0.3) is 0 Å². The summed E-state index contributed by atoms with van der Waals surface area (Å²) < 4.78 is 49.1. The Morgan fingerprint density at radius 3 is 2.61 bits per heavy atom. The van der Waals surface area contributed by atoms with Gasteiger partial charge in [-0.3, -0.25) is 0 Å². The minimum atomic E-state index is -3.96. The first-order chi connectivity index (χ1) is 10.7. The lowest BCUT2D eigenvalue weighted by Gasteiger charge is -2.13. The summed E-state index contributed by atoms with van der Waals surface area (Å²) in [7, 11) is 0. The van der Waals surface area contributed by atoms with Crippen molar-refractivity contribution in [3.63, 3.8) is 0 Å². The summed E-state index contributed by atoms with van der Waals surface area (Å²) in [4.78, 5) is 3.76. The number of anilines is 1. The lowest BCUT2D eigenvalue weighted by molar-refractivity contribution is -0.286. The Labute approximate surface area is 131 Å². The van der Waals surface area contributed by atoms with Gasteiger partial charge in [-0.1, -0.05) is 11.6 Å². The van der Waals surface area contributed by atoms with E-state index in [1.54, 1.807) is 0 Å². The lowest BCUT2D eigenvalue weighted by atomic mass is 10.1. The normalized spacial score (nSPS) is 15.3. The minimum Gasteiger partial charge on any atom is -0.397 e. The second-order valence-corrected chi connectivity index (χ2v) is 4.96. The average Bonchev–Trinajstić information content (AvgIpc) is 2.75. The second-order valence-electron chi connectivity index (χ2n) is 4.59. The highest BCUT2D eigenvalue weighted by molar-refractivity contribution is 6.33. The molecule has 1 aliphatic heterocycles. The Bertz CT molecular complexity index is 801. The molecule has 0 fully saturated rings. The first-order valence-corrected chi connectivity index (χ1v) is 6.48. The van der Waals surface area contributed by atoms with E-state index in [2.05, 4.69) is 14.5 Å². The Morgan fingerprint density at radius 1 is 1.26 bits per heavy atom. The molecule has 0 bridgehead atoms. The molecular formula is C13H8ClF3N2O4. The molecular weight excluding hydrogens is 341 g/mol. The third kappa shape index (κ3) is 2.62. The van der Waals surface area contributed by atoms with Crippen molar-refractivity contribution in [3.05, 3.63) is 34.7 Å². The molecule has 2 heterocycles. The van der Waals surface area contributed by atoms with Crippen LogP contribution in [0, 0.1) is 5.82 Å². The number of hydrogen-bond acceptors (Lipinski definition) is 6. The Balaban J connectivity index is 2.24. The van der Waals surface area contributed by atoms with Crippen molar-refractivity contribution in [2.24, 2.45) is 0 Å². The molecule has 0 amide bonds. The van der Waals surface area contributed by atoms with Gasteiger partial charge in [-0.15, -0.1) is 8.78 Å². The van der Waals surface area contributed by atoms with Crippen molar-refractivity contribution in [2.75, 3.05) is 5.73 Å². The van der Waals surface area contributed by atoms with Crippen LogP contribution in [0.2, 0.25) is 5.02 Å². The fourth-order valence-electron chi connectivity index (χ4n) is 2.10. The van der Waals surface area contributed by atoms with Gasteiger partial charge in [0.1, 0.15) is 11.5 Å². The van der Waals surface area contributed by atoms with Crippen molar-refractivity contribution in [3.8, 4) is 22.8 Å². The second kappa shape index (κ2) is 5.15. The topological polar surface area (TPSA) is 97.8 Å². The average molecular weight is 349 g/mol. The van der Waals surface area contributed by atoms with Crippen LogP contribution in [0.1, 0.15) is 12.0 Å². The summed E-state index contributed by atoms with van der Waals surface area (Å²) in [6, 6.07) is 2.93. The summed E-state index contributed by atoms with van der Waals surface area (Å²) in [5.74, 6) is -1.92. The van der Waals surface area contributed by atoms with Crippen molar-refractivity contribution in [1.82, 2.24) is 4.98 Å². The predicted molar refractivity (Wildman–Crippen MR) is 72.4 cm³/mol. The molecule has 6 nitrogen and oxygen atoms in total. The number of halogens is 4. The Hall–Kier alpha value is -2.23. The first kappa shape index (κ1) is 15.7. The quantitative estimate of drug-likeness (QED) is 0.721. The van der Waals surface area contributed by atoms with Crippen molar-refractivity contribution in [1.29, 1.82) is 0 Å². The fraction of sp³-hybridized carbons (Fsp3) is 0.154. The van der Waals surface area contributed by atoms with Crippen molar-refractivity contribution in [2.45, 2.75) is 12.6 Å². The van der Waals surface area contributed by atoms with E-state index in [1.165, 1.54) is 0 Å². The van der Waals surface area contributed by atoms with Crippen molar-refractivity contribution < 1.29 is 32.9 Å². The maximum atomic E-state index is 14.1. The van der Waals surface area contributed by atoms with Gasteiger partial charge in [-0.25, -0.2) is 9.37 Å². The number of ether oxygens (including phenoxy) is 2. The maximum absolute atomic E-state index is 14.1. The van der Waals surface area contributed by atoms with Crippen molar-refractivity contribution >= 4 is 17.3 Å². The lowest BCUT2D eigenvalue weighted by Crippen LogP contribution is -2.26. The predicted octanol–water partition coefficient (Wildman–Crippen LogP) is 2.43. The van der Waals surface area contributed by atoms with Crippen LogP contribution in [0.15, 0.2) is 18.2 Å². The zero-order valence-corrected chi connectivity index (χ0v) is 11.8. The molecule has 0 saturated carbocycles. The minimum absolute atomic E-state index is 0.151. The number of nitrogens with two attached hydrogens (primary N) is 1. The first-order valence-electron chi connectivity index (χ1n) is 6.10. The molecule has 122 valence electrons. The van der Waals surface area contributed by atoms with E-state index in [1.807, 2.05) is 0 Å². The molecule has 0 spiro atoms. The number of fused-ring (bicyclic) bond motifs is 1. The number of pyridine rings is 1. The molecule has 1 aromatic carbocycles. The van der Waals surface area contributed by atoms with Crippen LogP contribution in [-0.4, -0.2) is 21.5 Å². The molecule has 4 N–H and O–H groups in total. The van der Waals surface area contributed by atoms with E-state index in [0.29, 0.717) is 0 Å². The fourth-order valence-corrected chi connectivity index (χ4v) is 2.29. The van der Waals surface area contributed by atoms with Gasteiger partial charge >= 0.3 is 6.29 Å². The number of aliphatic hydroxyl groups excluding tert-OH is 1. The van der Waals surface area contributed by atoms with Gasteiger partial charge in [0.15, 0.2) is 17.8 Å². The summed E-state index contributed by atoms with van der Waals surface area (Å²) in [6.45, 7) is 0. The number of aliphatic hydroxyl groups is 2. The van der Waals surface area contributed by atoms with Gasteiger partial charge in [0.05, 0.1) is 22.0 Å². The highest BCUT2D eigenvalue weighted by Crippen LogP contribution is 2.48. The SMILES string of the molecule is Nc1cc(-c2c(F)ccc3c2OC(F)(F)O3)nc(C(O)O)c1Cl. The Morgan fingerprint density at radius 2 is 1.96 bits per heavy atom. The van der Waals surface area contributed by atoms with Crippen LogP contribution in [0.25, 0.3) is 11.3 Å². The number of aromatic nitrogens is 1. The van der Waals surface area contributed by atoms with E-state index < -0.39 is 41.2 Å². The maximum Gasteiger partial charge on any atom is 0.586 e. The molecule has 0 atom stereocenters. The van der Waals surface area contributed by atoms with Crippen LogP contribution in [-0.2, 0) is 0 Å². The largest absolute Gasteiger partial charge is 0.586 e. The van der Waals surface area contributed by atoms with E-state index in [4.69, 9.17) is 17.3 Å². The molecule has 1 aromatic heterocycles. The third-order valence-corrected chi connectivity index (χ3v) is 3.44. The van der Waals surface area contributed by atoms with Crippen LogP contribution < -0.4 is 15.2 Å². The molecule has 10 heteroatoms. The van der Waals surface area contributed by atoms with E-state index in [-0.39, 0.29) is 16.4 Å². The highest BCUT2D eigenvalue weighted by atomic mass is 35.5. The van der Waals surface area contributed by atoms with Gasteiger partial charge in [-0.05, 0) is 18.2 Å². The van der Waals surface area contributed by atoms with E-state index >= 15 is 0 Å². The molecule has 0 aliphatic carbocycles. The van der Waals surface area contributed by atoms with E-state index in [0.717, 1.165) is 18.2 Å². The van der Waals surface area contributed by atoms with Crippen LogP contribution in [0.4, 0.5) is 18.9 Å².